The molecule has 6 heteroatoms. The van der Waals surface area contributed by atoms with E-state index in [9.17, 15) is 4.79 Å². The molecule has 1 N–H and O–H groups in total. The molecular formula is C19H18BrN3O2. The minimum Gasteiger partial charge on any atom is -0.492 e. The monoisotopic (exact) mass is 399 g/mol. The highest BCUT2D eigenvalue weighted by Gasteiger charge is 2.14. The van der Waals surface area contributed by atoms with E-state index in [0.29, 0.717) is 18.7 Å². The van der Waals surface area contributed by atoms with Gasteiger partial charge in [0.15, 0.2) is 0 Å². The third-order valence-corrected chi connectivity index (χ3v) is 4.25. The van der Waals surface area contributed by atoms with Crippen molar-refractivity contribution >= 4 is 21.8 Å². The molecule has 0 unspecified atom stereocenters. The van der Waals surface area contributed by atoms with E-state index in [4.69, 9.17) is 4.74 Å². The molecule has 0 aliphatic heterocycles. The summed E-state index contributed by atoms with van der Waals surface area (Å²) < 4.78 is 8.32. The Labute approximate surface area is 154 Å². The van der Waals surface area contributed by atoms with Gasteiger partial charge in [0.2, 0.25) is 0 Å². The van der Waals surface area contributed by atoms with Crippen molar-refractivity contribution in [3.05, 3.63) is 76.5 Å². The molecule has 1 amide bonds. The van der Waals surface area contributed by atoms with Gasteiger partial charge in [0, 0.05) is 4.47 Å². The molecule has 0 bridgehead atoms. The Bertz CT molecular complexity index is 845. The fraction of sp³-hybridized carbons (Fsp3) is 0.158. The second-order valence-corrected chi connectivity index (χ2v) is 6.36. The summed E-state index contributed by atoms with van der Waals surface area (Å²) in [6.07, 6.45) is 1.59. The van der Waals surface area contributed by atoms with Crippen LogP contribution < -0.4 is 10.1 Å². The van der Waals surface area contributed by atoms with Gasteiger partial charge in [-0.15, -0.1) is 0 Å². The van der Waals surface area contributed by atoms with Crippen molar-refractivity contribution in [2.45, 2.75) is 6.92 Å². The molecule has 2 aromatic carbocycles. The summed E-state index contributed by atoms with van der Waals surface area (Å²) in [6, 6.07) is 17.3. The first kappa shape index (κ1) is 17.2. The van der Waals surface area contributed by atoms with Gasteiger partial charge in [-0.2, -0.15) is 5.10 Å². The quantitative estimate of drug-likeness (QED) is 0.642. The highest BCUT2D eigenvalue weighted by Crippen LogP contribution is 2.17. The highest BCUT2D eigenvalue weighted by molar-refractivity contribution is 9.10. The van der Waals surface area contributed by atoms with Gasteiger partial charge in [-0.05, 0) is 43.3 Å². The lowest BCUT2D eigenvalue weighted by atomic mass is 10.2. The number of halogens is 1. The Balaban J connectivity index is 1.58. The van der Waals surface area contributed by atoms with Gasteiger partial charge in [0.05, 0.1) is 29.7 Å². The Kier molecular flexibility index (Phi) is 5.50. The number of amides is 1. The predicted molar refractivity (Wildman–Crippen MR) is 100 cm³/mol. The molecule has 128 valence electrons. The Morgan fingerprint density at radius 2 is 1.88 bits per heavy atom. The van der Waals surface area contributed by atoms with Crippen LogP contribution in [0.1, 0.15) is 16.1 Å². The van der Waals surface area contributed by atoms with E-state index in [1.807, 2.05) is 61.5 Å². The Hall–Kier alpha value is -2.60. The van der Waals surface area contributed by atoms with Gasteiger partial charge in [0.25, 0.3) is 5.91 Å². The number of para-hydroxylation sites is 1. The Morgan fingerprint density at radius 3 is 2.60 bits per heavy atom. The van der Waals surface area contributed by atoms with Crippen LogP contribution in [-0.2, 0) is 0 Å². The van der Waals surface area contributed by atoms with Gasteiger partial charge >= 0.3 is 0 Å². The molecule has 0 aliphatic rings. The number of nitrogens with zero attached hydrogens (tertiary/aromatic N) is 2. The molecule has 0 fully saturated rings. The largest absolute Gasteiger partial charge is 0.492 e. The van der Waals surface area contributed by atoms with E-state index in [0.717, 1.165) is 21.6 Å². The van der Waals surface area contributed by atoms with Gasteiger partial charge in [-0.3, -0.25) is 4.79 Å². The number of hydrogen-bond acceptors (Lipinski definition) is 3. The van der Waals surface area contributed by atoms with Crippen LogP contribution in [-0.4, -0.2) is 28.8 Å². The van der Waals surface area contributed by atoms with Gasteiger partial charge in [-0.25, -0.2) is 4.68 Å². The molecule has 0 atom stereocenters. The molecule has 0 saturated carbocycles. The van der Waals surface area contributed by atoms with E-state index in [1.165, 1.54) is 0 Å². The minimum absolute atomic E-state index is 0.155. The normalized spacial score (nSPS) is 10.5. The molecule has 0 saturated heterocycles. The third kappa shape index (κ3) is 4.28. The zero-order valence-electron chi connectivity index (χ0n) is 13.8. The van der Waals surface area contributed by atoms with Crippen LogP contribution >= 0.6 is 15.9 Å². The molecule has 3 aromatic rings. The van der Waals surface area contributed by atoms with Crippen LogP contribution in [0.4, 0.5) is 0 Å². The number of carbonyl (C=O) groups excluding carboxylic acids is 1. The lowest BCUT2D eigenvalue weighted by molar-refractivity contribution is 0.0946. The molecule has 25 heavy (non-hydrogen) atoms. The molecule has 0 radical (unpaired) electrons. The van der Waals surface area contributed by atoms with E-state index in [-0.39, 0.29) is 5.91 Å². The summed E-state index contributed by atoms with van der Waals surface area (Å²) in [5, 5.41) is 7.18. The first-order chi connectivity index (χ1) is 12.1. The zero-order valence-corrected chi connectivity index (χ0v) is 15.4. The van der Waals surface area contributed by atoms with Crippen molar-refractivity contribution in [2.75, 3.05) is 13.2 Å². The summed E-state index contributed by atoms with van der Waals surface area (Å²) in [5.74, 6) is 0.633. The second-order valence-electron chi connectivity index (χ2n) is 5.45. The fourth-order valence-corrected chi connectivity index (χ4v) is 2.68. The molecule has 1 heterocycles. The standard InChI is InChI=1S/C19H18BrN3O2/c1-14-18(13-22-23(14)16-9-7-15(20)8-10-16)19(24)21-11-12-25-17-5-3-2-4-6-17/h2-10,13H,11-12H2,1H3,(H,21,24). The van der Waals surface area contributed by atoms with Crippen molar-refractivity contribution in [1.29, 1.82) is 0 Å². The molecule has 5 nitrogen and oxygen atoms in total. The van der Waals surface area contributed by atoms with Crippen molar-refractivity contribution in [3.8, 4) is 11.4 Å². The number of hydrogen-bond donors (Lipinski definition) is 1. The number of carbonyl (C=O) groups is 1. The average molecular weight is 400 g/mol. The highest BCUT2D eigenvalue weighted by atomic mass is 79.9. The first-order valence-electron chi connectivity index (χ1n) is 7.92. The molecule has 1 aromatic heterocycles. The second kappa shape index (κ2) is 7.98. The third-order valence-electron chi connectivity index (χ3n) is 3.73. The minimum atomic E-state index is -0.155. The summed E-state index contributed by atoms with van der Waals surface area (Å²) >= 11 is 3.41. The fourth-order valence-electron chi connectivity index (χ4n) is 2.42. The number of ether oxygens (including phenoxy) is 1. The van der Waals surface area contributed by atoms with E-state index >= 15 is 0 Å². The molecular weight excluding hydrogens is 382 g/mol. The maximum atomic E-state index is 12.3. The lowest BCUT2D eigenvalue weighted by Crippen LogP contribution is -2.28. The van der Waals surface area contributed by atoms with Gasteiger partial charge in [-0.1, -0.05) is 34.1 Å². The number of rotatable bonds is 6. The van der Waals surface area contributed by atoms with E-state index in [1.54, 1.807) is 10.9 Å². The summed E-state index contributed by atoms with van der Waals surface area (Å²) in [6.45, 7) is 2.72. The van der Waals surface area contributed by atoms with Crippen LogP contribution in [0.25, 0.3) is 5.69 Å². The smallest absolute Gasteiger partial charge is 0.254 e. The number of benzene rings is 2. The van der Waals surface area contributed by atoms with Crippen LogP contribution in [0.2, 0.25) is 0 Å². The van der Waals surface area contributed by atoms with Crippen molar-refractivity contribution in [2.24, 2.45) is 0 Å². The summed E-state index contributed by atoms with van der Waals surface area (Å²) in [4.78, 5) is 12.3. The van der Waals surface area contributed by atoms with E-state index in [2.05, 4.69) is 26.3 Å². The Morgan fingerprint density at radius 1 is 1.16 bits per heavy atom. The van der Waals surface area contributed by atoms with E-state index < -0.39 is 0 Å². The van der Waals surface area contributed by atoms with Crippen molar-refractivity contribution < 1.29 is 9.53 Å². The first-order valence-corrected chi connectivity index (χ1v) is 8.71. The topological polar surface area (TPSA) is 56.1 Å². The predicted octanol–water partition coefficient (Wildman–Crippen LogP) is 3.75. The number of aromatic nitrogens is 2. The molecule has 0 spiro atoms. The maximum Gasteiger partial charge on any atom is 0.254 e. The zero-order chi connectivity index (χ0) is 17.6. The lowest BCUT2D eigenvalue weighted by Gasteiger charge is -2.08. The van der Waals surface area contributed by atoms with Gasteiger partial charge < -0.3 is 10.1 Å². The average Bonchev–Trinajstić information content (AvgIpc) is 3.02. The SMILES string of the molecule is Cc1c(C(=O)NCCOc2ccccc2)cnn1-c1ccc(Br)cc1. The van der Waals surface area contributed by atoms with Crippen LogP contribution in [0.5, 0.6) is 5.75 Å². The summed E-state index contributed by atoms with van der Waals surface area (Å²) in [7, 11) is 0. The van der Waals surface area contributed by atoms with Crippen molar-refractivity contribution in [1.82, 2.24) is 15.1 Å². The molecule has 3 rings (SSSR count). The number of nitrogens with one attached hydrogen (secondary N) is 1. The maximum absolute atomic E-state index is 12.3. The van der Waals surface area contributed by atoms with Crippen molar-refractivity contribution in [3.63, 3.8) is 0 Å². The van der Waals surface area contributed by atoms with Gasteiger partial charge in [0.1, 0.15) is 12.4 Å². The summed E-state index contributed by atoms with van der Waals surface area (Å²) in [5.41, 5.74) is 2.26. The van der Waals surface area contributed by atoms with Crippen LogP contribution in [0.15, 0.2) is 65.3 Å². The van der Waals surface area contributed by atoms with Crippen LogP contribution in [0, 0.1) is 6.92 Å². The van der Waals surface area contributed by atoms with Crippen LogP contribution in [0.3, 0.4) is 0 Å². The molecule has 0 aliphatic carbocycles.